The molecule has 5 nitrogen and oxygen atoms in total. The van der Waals surface area contributed by atoms with Crippen molar-refractivity contribution in [2.45, 2.75) is 140 Å². The number of hydrogen-bond donors (Lipinski definition) is 3. The first-order valence-corrected chi connectivity index (χ1v) is 13.1. The Morgan fingerprint density at radius 1 is 0.839 bits per heavy atom. The van der Waals surface area contributed by atoms with Crippen molar-refractivity contribution in [2.24, 2.45) is 0 Å². The van der Waals surface area contributed by atoms with Crippen LogP contribution in [0.1, 0.15) is 116 Å². The van der Waals surface area contributed by atoms with Crippen LogP contribution in [0.5, 0.6) is 0 Å². The van der Waals surface area contributed by atoms with Crippen molar-refractivity contribution in [1.82, 2.24) is 0 Å². The molecular weight excluding hydrogens is 392 g/mol. The molecule has 5 heteroatoms. The van der Waals surface area contributed by atoms with Crippen molar-refractivity contribution < 1.29 is 24.8 Å². The van der Waals surface area contributed by atoms with Crippen LogP contribution in [-0.4, -0.2) is 52.9 Å². The summed E-state index contributed by atoms with van der Waals surface area (Å²) >= 11 is 0. The number of ether oxygens (including phenoxy) is 2. The molecule has 0 aromatic heterocycles. The topological polar surface area (TPSA) is 79.2 Å². The Hall–Kier alpha value is -0.620. The molecule has 0 aliphatic carbocycles. The summed E-state index contributed by atoms with van der Waals surface area (Å²) in [4.78, 5) is 0. The SMILES string of the molecule is CCCCCCCCCCCCCCCCCC/C=C/O[C@@H]1CO[C@H]([C@@H](O)CO)[C@@H]1O. The zero-order chi connectivity index (χ0) is 22.6. The molecule has 184 valence electrons. The lowest BCUT2D eigenvalue weighted by molar-refractivity contribution is -0.0689. The summed E-state index contributed by atoms with van der Waals surface area (Å²) in [5.41, 5.74) is 0. The summed E-state index contributed by atoms with van der Waals surface area (Å²) in [6.45, 7) is 2.08. The fraction of sp³-hybridized carbons (Fsp3) is 0.923. The van der Waals surface area contributed by atoms with Gasteiger partial charge in [-0.3, -0.25) is 0 Å². The van der Waals surface area contributed by atoms with E-state index in [1.54, 1.807) is 6.26 Å². The third kappa shape index (κ3) is 14.2. The number of unbranched alkanes of at least 4 members (excludes halogenated alkanes) is 16. The van der Waals surface area contributed by atoms with Gasteiger partial charge in [0.15, 0.2) is 0 Å². The van der Waals surface area contributed by atoms with Crippen molar-refractivity contribution in [1.29, 1.82) is 0 Å². The third-order valence-electron chi connectivity index (χ3n) is 6.31. The Bertz CT molecular complexity index is 415. The molecule has 4 atom stereocenters. The Labute approximate surface area is 191 Å². The highest BCUT2D eigenvalue weighted by molar-refractivity contribution is 4.90. The fourth-order valence-corrected chi connectivity index (χ4v) is 4.21. The molecule has 3 N–H and O–H groups in total. The second-order valence-corrected chi connectivity index (χ2v) is 9.18. The zero-order valence-corrected chi connectivity index (χ0v) is 20.1. The predicted molar refractivity (Wildman–Crippen MR) is 127 cm³/mol. The van der Waals surface area contributed by atoms with Crippen molar-refractivity contribution >= 4 is 0 Å². The van der Waals surface area contributed by atoms with Crippen LogP contribution < -0.4 is 0 Å². The molecule has 1 aliphatic rings. The van der Waals surface area contributed by atoms with E-state index in [-0.39, 0.29) is 6.61 Å². The van der Waals surface area contributed by atoms with E-state index >= 15 is 0 Å². The highest BCUT2D eigenvalue weighted by atomic mass is 16.6. The number of aliphatic hydroxyl groups is 3. The Kier molecular flexibility index (Phi) is 18.3. The van der Waals surface area contributed by atoms with Gasteiger partial charge in [-0.15, -0.1) is 0 Å². The molecule has 1 saturated heterocycles. The maximum atomic E-state index is 10.0. The van der Waals surface area contributed by atoms with Crippen molar-refractivity contribution in [3.63, 3.8) is 0 Å². The fourth-order valence-electron chi connectivity index (χ4n) is 4.21. The lowest BCUT2D eigenvalue weighted by Crippen LogP contribution is -2.40. The van der Waals surface area contributed by atoms with Gasteiger partial charge in [0.2, 0.25) is 0 Å². The molecule has 0 aromatic rings. The molecule has 0 spiro atoms. The Balaban J connectivity index is 1.81. The van der Waals surface area contributed by atoms with E-state index in [2.05, 4.69) is 6.92 Å². The molecule has 1 rings (SSSR count). The minimum absolute atomic E-state index is 0.228. The molecule has 0 saturated carbocycles. The molecule has 1 aliphatic heterocycles. The Morgan fingerprint density at radius 3 is 1.81 bits per heavy atom. The first-order valence-electron chi connectivity index (χ1n) is 13.1. The minimum atomic E-state index is -1.07. The van der Waals surface area contributed by atoms with Gasteiger partial charge < -0.3 is 24.8 Å². The second-order valence-electron chi connectivity index (χ2n) is 9.18. The third-order valence-corrected chi connectivity index (χ3v) is 6.31. The van der Waals surface area contributed by atoms with E-state index in [1.165, 1.54) is 96.3 Å². The first-order chi connectivity index (χ1) is 15.2. The van der Waals surface area contributed by atoms with Gasteiger partial charge in [-0.2, -0.15) is 0 Å². The zero-order valence-electron chi connectivity index (χ0n) is 20.1. The van der Waals surface area contributed by atoms with Crippen LogP contribution in [0.3, 0.4) is 0 Å². The first kappa shape index (κ1) is 28.4. The quantitative estimate of drug-likeness (QED) is 0.158. The lowest BCUT2D eigenvalue weighted by Gasteiger charge is -2.20. The Morgan fingerprint density at radius 2 is 1.32 bits per heavy atom. The van der Waals surface area contributed by atoms with E-state index < -0.39 is 31.0 Å². The second kappa shape index (κ2) is 20.0. The van der Waals surface area contributed by atoms with Crippen LogP contribution in [-0.2, 0) is 9.47 Å². The van der Waals surface area contributed by atoms with E-state index in [9.17, 15) is 10.2 Å². The summed E-state index contributed by atoms with van der Waals surface area (Å²) in [5.74, 6) is 0. The van der Waals surface area contributed by atoms with E-state index in [0.717, 1.165) is 12.8 Å². The van der Waals surface area contributed by atoms with Gasteiger partial charge in [-0.1, -0.05) is 103 Å². The van der Waals surface area contributed by atoms with Crippen molar-refractivity contribution in [2.75, 3.05) is 13.2 Å². The molecule has 0 amide bonds. The summed E-state index contributed by atoms with van der Waals surface area (Å²) < 4.78 is 10.8. The van der Waals surface area contributed by atoms with E-state index in [4.69, 9.17) is 14.6 Å². The summed E-state index contributed by atoms with van der Waals surface area (Å²) in [5, 5.41) is 28.6. The van der Waals surface area contributed by atoms with Crippen molar-refractivity contribution in [3.8, 4) is 0 Å². The molecule has 31 heavy (non-hydrogen) atoms. The lowest BCUT2D eigenvalue weighted by atomic mass is 10.0. The van der Waals surface area contributed by atoms with Crippen LogP contribution >= 0.6 is 0 Å². The van der Waals surface area contributed by atoms with Crippen LogP contribution in [0, 0.1) is 0 Å². The molecule has 1 fully saturated rings. The summed E-state index contributed by atoms with van der Waals surface area (Å²) in [6.07, 6.45) is 23.4. The molecular formula is C26H50O5. The van der Waals surface area contributed by atoms with Gasteiger partial charge in [0.05, 0.1) is 19.5 Å². The van der Waals surface area contributed by atoms with Crippen molar-refractivity contribution in [3.05, 3.63) is 12.3 Å². The largest absolute Gasteiger partial charge is 0.493 e. The monoisotopic (exact) mass is 442 g/mol. The van der Waals surface area contributed by atoms with Crippen LogP contribution in [0.4, 0.5) is 0 Å². The molecule has 0 aromatic carbocycles. The van der Waals surface area contributed by atoms with Gasteiger partial charge in [0, 0.05) is 0 Å². The van der Waals surface area contributed by atoms with Gasteiger partial charge in [-0.25, -0.2) is 0 Å². The summed E-state index contributed by atoms with van der Waals surface area (Å²) in [6, 6.07) is 0. The minimum Gasteiger partial charge on any atom is -0.493 e. The number of hydrogen-bond acceptors (Lipinski definition) is 5. The normalized spacial score (nSPS) is 22.4. The maximum absolute atomic E-state index is 10.0. The number of allylic oxidation sites excluding steroid dienone is 1. The van der Waals surface area contributed by atoms with Gasteiger partial charge in [0.1, 0.15) is 24.4 Å². The summed E-state index contributed by atoms with van der Waals surface area (Å²) in [7, 11) is 0. The average Bonchev–Trinajstić information content (AvgIpc) is 3.15. The molecule has 0 unspecified atom stereocenters. The maximum Gasteiger partial charge on any atom is 0.149 e. The van der Waals surface area contributed by atoms with Crippen LogP contribution in [0.25, 0.3) is 0 Å². The highest BCUT2D eigenvalue weighted by Gasteiger charge is 2.40. The predicted octanol–water partition coefficient (Wildman–Crippen LogP) is 5.65. The molecule has 0 bridgehead atoms. The van der Waals surface area contributed by atoms with Gasteiger partial charge in [-0.05, 0) is 18.9 Å². The number of rotatable bonds is 21. The van der Waals surface area contributed by atoms with Crippen LogP contribution in [0.2, 0.25) is 0 Å². The highest BCUT2D eigenvalue weighted by Crippen LogP contribution is 2.20. The molecule has 1 heterocycles. The van der Waals surface area contributed by atoms with Gasteiger partial charge >= 0.3 is 0 Å². The standard InChI is InChI=1S/C26H50O5/c1-2-3-4-5-6-7-8-9-10-11-12-13-14-15-16-17-18-19-20-30-24-22-31-26(25(24)29)23(28)21-27/h19-20,23-29H,2-18,21-22H2,1H3/b20-19+/t23-,24+,25+,26+/m0/s1. The smallest absolute Gasteiger partial charge is 0.149 e. The van der Waals surface area contributed by atoms with Crippen LogP contribution in [0.15, 0.2) is 12.3 Å². The average molecular weight is 443 g/mol. The van der Waals surface area contributed by atoms with Gasteiger partial charge in [0.25, 0.3) is 0 Å². The van der Waals surface area contributed by atoms with E-state index in [0.29, 0.717) is 0 Å². The molecule has 0 radical (unpaired) electrons. The van der Waals surface area contributed by atoms with E-state index in [1.807, 2.05) is 6.08 Å². The number of aliphatic hydroxyl groups excluding tert-OH is 3.